The van der Waals surface area contributed by atoms with Crippen LogP contribution in [0.1, 0.15) is 72.8 Å². The molecule has 1 aromatic rings. The Bertz CT molecular complexity index is 847. The Hall–Kier alpha value is -1.17. The molecule has 2 saturated carbocycles. The zero-order valence-electron chi connectivity index (χ0n) is 22.3. The average molecular weight is 487 g/mol. The van der Waals surface area contributed by atoms with Gasteiger partial charge in [-0.3, -0.25) is 4.79 Å². The fourth-order valence-electron chi connectivity index (χ4n) is 7.91. The lowest BCUT2D eigenvalue weighted by molar-refractivity contribution is -0.202. The van der Waals surface area contributed by atoms with Crippen LogP contribution in [0.3, 0.4) is 0 Å². The van der Waals surface area contributed by atoms with Crippen LogP contribution in [0.25, 0.3) is 0 Å². The first-order valence-electron chi connectivity index (χ1n) is 13.7. The van der Waals surface area contributed by atoms with E-state index in [9.17, 15) is 4.79 Å². The summed E-state index contributed by atoms with van der Waals surface area (Å²) < 4.78 is 19.4. The molecule has 1 saturated heterocycles. The fraction of sp³-hybridized carbons (Fsp3) is 0.759. The molecule has 0 N–H and O–H groups in total. The summed E-state index contributed by atoms with van der Waals surface area (Å²) >= 11 is 0. The highest BCUT2D eigenvalue weighted by molar-refractivity contribution is 6.73. The summed E-state index contributed by atoms with van der Waals surface area (Å²) in [5.74, 6) is 0.735. The molecule has 190 valence electrons. The summed E-state index contributed by atoms with van der Waals surface area (Å²) in [5, 5.41) is 0. The van der Waals surface area contributed by atoms with Crippen molar-refractivity contribution in [2.45, 2.75) is 98.1 Å². The summed E-state index contributed by atoms with van der Waals surface area (Å²) in [6.07, 6.45) is 4.40. The SMILES string of the molecule is CC[Si](CC)(CC)O[C@H]1CC[C@@]2(C)[C@@H](CC[C@H]3COC(=O)[C@@]32C)[C@]1(C)COCc1ccccc1. The van der Waals surface area contributed by atoms with Crippen molar-refractivity contribution < 1.29 is 18.7 Å². The summed E-state index contributed by atoms with van der Waals surface area (Å²) in [7, 11) is -1.78. The molecule has 6 atom stereocenters. The Balaban J connectivity index is 1.66. The normalized spacial score (nSPS) is 37.7. The van der Waals surface area contributed by atoms with Crippen molar-refractivity contribution in [1.29, 1.82) is 0 Å². The second-order valence-corrected chi connectivity index (χ2v) is 16.6. The summed E-state index contributed by atoms with van der Waals surface area (Å²) in [5.41, 5.74) is 0.576. The molecule has 3 fully saturated rings. The molecule has 3 aliphatic rings. The molecule has 0 amide bonds. The lowest BCUT2D eigenvalue weighted by atomic mass is 9.41. The molecule has 0 radical (unpaired) electrons. The second-order valence-electron chi connectivity index (χ2n) is 11.9. The smallest absolute Gasteiger partial charge is 0.312 e. The van der Waals surface area contributed by atoms with Crippen molar-refractivity contribution in [3.63, 3.8) is 0 Å². The lowest BCUT2D eigenvalue weighted by Crippen LogP contribution is -2.64. The van der Waals surface area contributed by atoms with Crippen molar-refractivity contribution in [1.82, 2.24) is 0 Å². The number of hydrogen-bond donors (Lipinski definition) is 0. The molecule has 1 aromatic carbocycles. The standard InChI is InChI=1S/C29H46O4Si/c1-7-34(8-2,9-3)33-25-17-18-28(5)24(16-15-23-20-32-26(30)29(23,28)6)27(25,4)21-31-19-22-13-11-10-12-14-22/h10-14,23-25H,7-9,15-21H2,1-6H3/t23-,24-,25-,27-,28-,29+/m0/s1. The van der Waals surface area contributed by atoms with Gasteiger partial charge in [0.2, 0.25) is 0 Å². The minimum atomic E-state index is -1.78. The Kier molecular flexibility index (Phi) is 7.39. The maximum absolute atomic E-state index is 13.2. The minimum Gasteiger partial charge on any atom is -0.465 e. The van der Waals surface area contributed by atoms with E-state index in [1.807, 2.05) is 6.07 Å². The van der Waals surface area contributed by atoms with Gasteiger partial charge in [0.1, 0.15) is 0 Å². The molecular weight excluding hydrogens is 440 g/mol. The molecule has 0 unspecified atom stereocenters. The quantitative estimate of drug-likeness (QED) is 0.279. The van der Waals surface area contributed by atoms with Gasteiger partial charge in [0.25, 0.3) is 0 Å². The number of carbonyl (C=O) groups excluding carboxylic acids is 1. The number of cyclic esters (lactones) is 1. The van der Waals surface area contributed by atoms with Crippen LogP contribution in [-0.4, -0.2) is 33.6 Å². The average Bonchev–Trinajstić information content (AvgIpc) is 3.15. The maximum atomic E-state index is 13.2. The maximum Gasteiger partial charge on any atom is 0.312 e. The van der Waals surface area contributed by atoms with Crippen molar-refractivity contribution in [3.8, 4) is 0 Å². The van der Waals surface area contributed by atoms with Crippen LogP contribution in [0.4, 0.5) is 0 Å². The number of hydrogen-bond acceptors (Lipinski definition) is 4. The zero-order valence-corrected chi connectivity index (χ0v) is 23.3. The van der Waals surface area contributed by atoms with Crippen molar-refractivity contribution in [3.05, 3.63) is 35.9 Å². The van der Waals surface area contributed by atoms with Crippen molar-refractivity contribution >= 4 is 14.3 Å². The number of rotatable bonds is 9. The molecule has 1 aliphatic heterocycles. The van der Waals surface area contributed by atoms with Gasteiger partial charge < -0.3 is 13.9 Å². The number of ether oxygens (including phenoxy) is 2. The highest BCUT2D eigenvalue weighted by atomic mass is 28.4. The van der Waals surface area contributed by atoms with Gasteiger partial charge in [0, 0.05) is 11.3 Å². The summed E-state index contributed by atoms with van der Waals surface area (Å²) in [6.45, 7) is 15.8. The monoisotopic (exact) mass is 486 g/mol. The van der Waals surface area contributed by atoms with E-state index in [0.29, 0.717) is 31.7 Å². The first-order valence-corrected chi connectivity index (χ1v) is 16.2. The molecule has 5 heteroatoms. The van der Waals surface area contributed by atoms with Crippen LogP contribution in [-0.2, 0) is 25.3 Å². The fourth-order valence-corrected chi connectivity index (χ4v) is 10.9. The Morgan fingerprint density at radius 3 is 2.32 bits per heavy atom. The van der Waals surface area contributed by atoms with Crippen LogP contribution in [0, 0.1) is 28.1 Å². The highest BCUT2D eigenvalue weighted by Crippen LogP contribution is 2.68. The number of benzene rings is 1. The Morgan fingerprint density at radius 1 is 1.00 bits per heavy atom. The number of carbonyl (C=O) groups is 1. The first-order chi connectivity index (χ1) is 16.2. The van der Waals surface area contributed by atoms with E-state index in [0.717, 1.165) is 43.8 Å². The van der Waals surface area contributed by atoms with Gasteiger partial charge in [0.05, 0.1) is 31.3 Å². The van der Waals surface area contributed by atoms with Crippen LogP contribution in [0.15, 0.2) is 30.3 Å². The van der Waals surface area contributed by atoms with E-state index in [2.05, 4.69) is 65.8 Å². The lowest BCUT2D eigenvalue weighted by Gasteiger charge is -2.64. The van der Waals surface area contributed by atoms with Gasteiger partial charge in [0.15, 0.2) is 8.32 Å². The minimum absolute atomic E-state index is 0.0241. The first kappa shape index (κ1) is 25.9. The van der Waals surface area contributed by atoms with Crippen molar-refractivity contribution in [2.24, 2.45) is 28.1 Å². The molecule has 0 bridgehead atoms. The molecule has 1 heterocycles. The predicted octanol–water partition coefficient (Wildman–Crippen LogP) is 6.99. The van der Waals surface area contributed by atoms with E-state index < -0.39 is 13.7 Å². The van der Waals surface area contributed by atoms with Crippen molar-refractivity contribution in [2.75, 3.05) is 13.2 Å². The Labute approximate surface area is 208 Å². The molecule has 4 nitrogen and oxygen atoms in total. The largest absolute Gasteiger partial charge is 0.465 e. The van der Waals surface area contributed by atoms with Crippen LogP contribution in [0.5, 0.6) is 0 Å². The highest BCUT2D eigenvalue weighted by Gasteiger charge is 2.69. The van der Waals surface area contributed by atoms with Crippen LogP contribution >= 0.6 is 0 Å². The number of esters is 1. The van der Waals surface area contributed by atoms with E-state index in [1.165, 1.54) is 5.56 Å². The van der Waals surface area contributed by atoms with Gasteiger partial charge >= 0.3 is 5.97 Å². The number of fused-ring (bicyclic) bond motifs is 3. The van der Waals surface area contributed by atoms with Gasteiger partial charge in [-0.1, -0.05) is 65.0 Å². The predicted molar refractivity (Wildman–Crippen MR) is 139 cm³/mol. The Morgan fingerprint density at radius 2 is 1.68 bits per heavy atom. The van der Waals surface area contributed by atoms with Crippen LogP contribution < -0.4 is 0 Å². The topological polar surface area (TPSA) is 44.8 Å². The summed E-state index contributed by atoms with van der Waals surface area (Å²) in [6, 6.07) is 13.9. The van der Waals surface area contributed by atoms with Gasteiger partial charge in [-0.15, -0.1) is 0 Å². The third-order valence-corrected chi connectivity index (χ3v) is 15.4. The van der Waals surface area contributed by atoms with E-state index in [1.54, 1.807) is 0 Å². The van der Waals surface area contributed by atoms with E-state index >= 15 is 0 Å². The van der Waals surface area contributed by atoms with Gasteiger partial charge in [-0.2, -0.15) is 0 Å². The second kappa shape index (κ2) is 9.70. The molecule has 4 rings (SSSR count). The van der Waals surface area contributed by atoms with E-state index in [-0.39, 0.29) is 22.9 Å². The molecular formula is C29H46O4Si. The molecule has 0 aromatic heterocycles. The van der Waals surface area contributed by atoms with Gasteiger partial charge in [-0.25, -0.2) is 0 Å². The molecule has 34 heavy (non-hydrogen) atoms. The summed E-state index contributed by atoms with van der Waals surface area (Å²) in [4.78, 5) is 13.2. The van der Waals surface area contributed by atoms with Crippen LogP contribution in [0.2, 0.25) is 18.1 Å². The molecule has 0 spiro atoms. The van der Waals surface area contributed by atoms with Gasteiger partial charge in [-0.05, 0) is 67.6 Å². The third kappa shape index (κ3) is 4.00. The van der Waals surface area contributed by atoms with E-state index in [4.69, 9.17) is 13.9 Å². The third-order valence-electron chi connectivity index (χ3n) is 10.7. The molecule has 2 aliphatic carbocycles. The zero-order chi connectivity index (χ0) is 24.6.